The minimum Gasteiger partial charge on any atom is -0.496 e. The molecule has 0 saturated heterocycles. The van der Waals surface area contributed by atoms with Crippen molar-refractivity contribution in [2.24, 2.45) is 11.7 Å². The number of ether oxygens (including phenoxy) is 1. The first-order valence-electron chi connectivity index (χ1n) is 7.40. The molecule has 1 fully saturated rings. The SMILES string of the molecule is COc1ccccc1C(=O)NC(CN)C1CCCCC1.Cl. The Labute approximate surface area is 132 Å². The summed E-state index contributed by atoms with van der Waals surface area (Å²) in [6, 6.07) is 7.34. The van der Waals surface area contributed by atoms with Crippen LogP contribution in [0.2, 0.25) is 0 Å². The first kappa shape index (κ1) is 17.8. The van der Waals surface area contributed by atoms with Crippen molar-refractivity contribution in [3.63, 3.8) is 0 Å². The molecular weight excluding hydrogens is 288 g/mol. The average Bonchev–Trinajstić information content (AvgIpc) is 2.53. The van der Waals surface area contributed by atoms with Crippen LogP contribution in [0, 0.1) is 5.92 Å². The fourth-order valence-electron chi connectivity index (χ4n) is 2.98. The van der Waals surface area contributed by atoms with Crippen LogP contribution in [-0.2, 0) is 0 Å². The van der Waals surface area contributed by atoms with Gasteiger partial charge in [0.05, 0.1) is 12.7 Å². The molecule has 3 N–H and O–H groups in total. The average molecular weight is 313 g/mol. The number of methoxy groups -OCH3 is 1. The number of amides is 1. The van der Waals surface area contributed by atoms with Gasteiger partial charge in [-0.25, -0.2) is 0 Å². The second-order valence-corrected chi connectivity index (χ2v) is 5.41. The van der Waals surface area contributed by atoms with Gasteiger partial charge in [0.1, 0.15) is 5.75 Å². The van der Waals surface area contributed by atoms with Crippen molar-refractivity contribution in [1.82, 2.24) is 5.32 Å². The van der Waals surface area contributed by atoms with Gasteiger partial charge < -0.3 is 15.8 Å². The number of rotatable bonds is 5. The summed E-state index contributed by atoms with van der Waals surface area (Å²) in [5.74, 6) is 1.01. The topological polar surface area (TPSA) is 64.3 Å². The zero-order valence-corrected chi connectivity index (χ0v) is 13.3. The highest BCUT2D eigenvalue weighted by molar-refractivity contribution is 5.97. The number of carbonyl (C=O) groups is 1. The molecule has 1 aromatic carbocycles. The molecule has 118 valence electrons. The van der Waals surface area contributed by atoms with Crippen molar-refractivity contribution in [1.29, 1.82) is 0 Å². The number of hydrogen-bond acceptors (Lipinski definition) is 3. The van der Waals surface area contributed by atoms with E-state index in [-0.39, 0.29) is 24.4 Å². The Balaban J connectivity index is 0.00000220. The van der Waals surface area contributed by atoms with Gasteiger partial charge in [0.15, 0.2) is 0 Å². The Kier molecular flexibility index (Phi) is 7.54. The lowest BCUT2D eigenvalue weighted by atomic mass is 9.84. The van der Waals surface area contributed by atoms with Gasteiger partial charge in [-0.3, -0.25) is 4.79 Å². The largest absolute Gasteiger partial charge is 0.496 e. The van der Waals surface area contributed by atoms with Crippen molar-refractivity contribution >= 4 is 18.3 Å². The zero-order valence-electron chi connectivity index (χ0n) is 12.5. The number of benzene rings is 1. The third kappa shape index (κ3) is 4.61. The lowest BCUT2D eigenvalue weighted by Gasteiger charge is -2.30. The molecule has 0 radical (unpaired) electrons. The van der Waals surface area contributed by atoms with Gasteiger partial charge in [0.2, 0.25) is 0 Å². The quantitative estimate of drug-likeness (QED) is 0.878. The first-order valence-corrected chi connectivity index (χ1v) is 7.40. The number of halogens is 1. The van der Waals surface area contributed by atoms with E-state index >= 15 is 0 Å². The van der Waals surface area contributed by atoms with Gasteiger partial charge in [0, 0.05) is 12.6 Å². The molecule has 1 aliphatic carbocycles. The van der Waals surface area contributed by atoms with Gasteiger partial charge in [-0.15, -0.1) is 12.4 Å². The Morgan fingerprint density at radius 1 is 1.33 bits per heavy atom. The highest BCUT2D eigenvalue weighted by Crippen LogP contribution is 2.26. The molecule has 1 atom stereocenters. The predicted octanol–water partition coefficient (Wildman–Crippen LogP) is 2.75. The molecule has 5 heteroatoms. The summed E-state index contributed by atoms with van der Waals surface area (Å²) in [7, 11) is 1.58. The van der Waals surface area contributed by atoms with Crippen molar-refractivity contribution in [2.45, 2.75) is 38.1 Å². The summed E-state index contributed by atoms with van der Waals surface area (Å²) in [4.78, 5) is 12.4. The maximum atomic E-state index is 12.4. The van der Waals surface area contributed by atoms with Crippen LogP contribution in [-0.4, -0.2) is 25.6 Å². The molecule has 1 unspecified atom stereocenters. The van der Waals surface area contributed by atoms with Crippen LogP contribution < -0.4 is 15.8 Å². The number of nitrogens with one attached hydrogen (secondary N) is 1. The van der Waals surface area contributed by atoms with Gasteiger partial charge in [-0.05, 0) is 30.9 Å². The van der Waals surface area contributed by atoms with Crippen LogP contribution in [0.1, 0.15) is 42.5 Å². The Bertz CT molecular complexity index is 448. The molecule has 2 rings (SSSR count). The van der Waals surface area contributed by atoms with E-state index in [4.69, 9.17) is 10.5 Å². The number of nitrogens with two attached hydrogens (primary N) is 1. The van der Waals surface area contributed by atoms with E-state index in [1.165, 1.54) is 19.3 Å². The van der Waals surface area contributed by atoms with Gasteiger partial charge in [-0.2, -0.15) is 0 Å². The third-order valence-electron chi connectivity index (χ3n) is 4.14. The maximum absolute atomic E-state index is 12.4. The Morgan fingerprint density at radius 2 is 2.00 bits per heavy atom. The van der Waals surface area contributed by atoms with Crippen molar-refractivity contribution in [2.75, 3.05) is 13.7 Å². The lowest BCUT2D eigenvalue weighted by molar-refractivity contribution is 0.0912. The summed E-state index contributed by atoms with van der Waals surface area (Å²) in [6.45, 7) is 0.492. The third-order valence-corrected chi connectivity index (χ3v) is 4.14. The molecule has 1 saturated carbocycles. The molecular formula is C16H25ClN2O2. The van der Waals surface area contributed by atoms with Gasteiger partial charge in [-0.1, -0.05) is 31.4 Å². The van der Waals surface area contributed by atoms with Crippen molar-refractivity contribution in [3.05, 3.63) is 29.8 Å². The predicted molar refractivity (Wildman–Crippen MR) is 87.1 cm³/mol. The molecule has 1 aliphatic rings. The molecule has 0 bridgehead atoms. The molecule has 0 aliphatic heterocycles. The highest BCUT2D eigenvalue weighted by atomic mass is 35.5. The number of carbonyl (C=O) groups excluding carboxylic acids is 1. The minimum atomic E-state index is -0.0940. The maximum Gasteiger partial charge on any atom is 0.255 e. The first-order chi connectivity index (χ1) is 9.76. The van der Waals surface area contributed by atoms with E-state index in [1.807, 2.05) is 12.1 Å². The molecule has 1 aromatic rings. The van der Waals surface area contributed by atoms with E-state index in [0.29, 0.717) is 23.8 Å². The Morgan fingerprint density at radius 3 is 2.62 bits per heavy atom. The summed E-state index contributed by atoms with van der Waals surface area (Å²) in [5, 5.41) is 3.08. The van der Waals surface area contributed by atoms with E-state index in [9.17, 15) is 4.79 Å². The molecule has 0 heterocycles. The lowest BCUT2D eigenvalue weighted by Crippen LogP contribution is -2.46. The second-order valence-electron chi connectivity index (χ2n) is 5.41. The molecule has 1 amide bonds. The minimum absolute atomic E-state index is 0. The molecule has 4 nitrogen and oxygen atoms in total. The molecule has 0 aromatic heterocycles. The standard InChI is InChI=1S/C16H24N2O2.ClH/c1-20-15-10-6-5-9-13(15)16(19)18-14(11-17)12-7-3-2-4-8-12;/h5-6,9-10,12,14H,2-4,7-8,11,17H2,1H3,(H,18,19);1H. The summed E-state index contributed by atoms with van der Waals surface area (Å²) in [6.07, 6.45) is 6.10. The summed E-state index contributed by atoms with van der Waals surface area (Å²) >= 11 is 0. The fourth-order valence-corrected chi connectivity index (χ4v) is 2.98. The monoisotopic (exact) mass is 312 g/mol. The van der Waals surface area contributed by atoms with Crippen LogP contribution in [0.4, 0.5) is 0 Å². The smallest absolute Gasteiger partial charge is 0.255 e. The van der Waals surface area contributed by atoms with Gasteiger partial charge in [0.25, 0.3) is 5.91 Å². The zero-order chi connectivity index (χ0) is 14.4. The van der Waals surface area contributed by atoms with E-state index in [2.05, 4.69) is 5.32 Å². The highest BCUT2D eigenvalue weighted by Gasteiger charge is 2.25. The normalized spacial score (nSPS) is 16.7. The van der Waals surface area contributed by atoms with Crippen LogP contribution in [0.3, 0.4) is 0 Å². The van der Waals surface area contributed by atoms with Gasteiger partial charge >= 0.3 is 0 Å². The van der Waals surface area contributed by atoms with Crippen LogP contribution in [0.5, 0.6) is 5.75 Å². The second kappa shape index (κ2) is 8.90. The summed E-state index contributed by atoms with van der Waals surface area (Å²) < 4.78 is 5.24. The molecule has 0 spiro atoms. The fraction of sp³-hybridized carbons (Fsp3) is 0.562. The van der Waals surface area contributed by atoms with Crippen LogP contribution >= 0.6 is 12.4 Å². The van der Waals surface area contributed by atoms with Crippen molar-refractivity contribution < 1.29 is 9.53 Å². The van der Waals surface area contributed by atoms with Crippen LogP contribution in [0.15, 0.2) is 24.3 Å². The number of hydrogen-bond donors (Lipinski definition) is 2. The van der Waals surface area contributed by atoms with E-state index in [0.717, 1.165) is 12.8 Å². The summed E-state index contributed by atoms with van der Waals surface area (Å²) in [5.41, 5.74) is 6.43. The van der Waals surface area contributed by atoms with Crippen molar-refractivity contribution in [3.8, 4) is 5.75 Å². The van der Waals surface area contributed by atoms with Crippen LogP contribution in [0.25, 0.3) is 0 Å². The molecule has 21 heavy (non-hydrogen) atoms. The van der Waals surface area contributed by atoms with E-state index < -0.39 is 0 Å². The number of para-hydroxylation sites is 1. The van der Waals surface area contributed by atoms with E-state index in [1.54, 1.807) is 19.2 Å². The Hall–Kier alpha value is -1.26.